The number of hydrogen-bond acceptors (Lipinski definition) is 6. The molecule has 0 saturated heterocycles. The van der Waals surface area contributed by atoms with Gasteiger partial charge in [0.25, 0.3) is 5.91 Å². The Balaban J connectivity index is 1.64. The van der Waals surface area contributed by atoms with Crippen LogP contribution in [0.2, 0.25) is 0 Å². The Kier molecular flexibility index (Phi) is 12.6. The quantitative estimate of drug-likeness (QED) is 0.127. The van der Waals surface area contributed by atoms with Gasteiger partial charge in [0.2, 0.25) is 5.91 Å². The number of nitrogens with one attached hydrogen (secondary N) is 2. The number of carbonyl (C=O) groups is 3. The maximum atomic E-state index is 12.2. The number of hydrogen-bond donors (Lipinski definition) is 2. The average molecular weight is 482 g/mol. The van der Waals surface area contributed by atoms with E-state index in [1.54, 1.807) is 55.6 Å². The van der Waals surface area contributed by atoms with E-state index in [0.717, 1.165) is 19.3 Å². The SMILES string of the molecule is CCCCCCCCCC(=O)NCC(=O)N/N=C\c1ccc(OC(=O)c2ccc(OC)cc2)cc1. The summed E-state index contributed by atoms with van der Waals surface area (Å²) in [6.07, 6.45) is 9.88. The molecule has 8 heteroatoms. The van der Waals surface area contributed by atoms with Crippen molar-refractivity contribution in [1.82, 2.24) is 10.7 Å². The van der Waals surface area contributed by atoms with Crippen LogP contribution in [0.5, 0.6) is 11.5 Å². The average Bonchev–Trinajstić information content (AvgIpc) is 2.88. The van der Waals surface area contributed by atoms with Crippen LogP contribution in [0, 0.1) is 0 Å². The number of methoxy groups -OCH3 is 1. The Hall–Kier alpha value is -3.68. The van der Waals surface area contributed by atoms with Gasteiger partial charge in [-0.05, 0) is 60.5 Å². The first kappa shape index (κ1) is 27.6. The van der Waals surface area contributed by atoms with E-state index >= 15 is 0 Å². The predicted molar refractivity (Wildman–Crippen MR) is 136 cm³/mol. The standard InChI is InChI=1S/C27H35N3O5/c1-3-4-5-6-7-8-9-10-25(31)28-20-26(32)30-29-19-21-11-15-24(16-12-21)35-27(33)22-13-17-23(34-2)18-14-22/h11-19H,3-10,20H2,1-2H3,(H,28,31)(H,30,32)/b29-19-. The third-order valence-electron chi connectivity index (χ3n) is 5.27. The van der Waals surface area contributed by atoms with Crippen molar-refractivity contribution < 1.29 is 23.9 Å². The molecular formula is C27H35N3O5. The number of unbranched alkanes of at least 4 members (excludes halogenated alkanes) is 6. The van der Waals surface area contributed by atoms with Crippen LogP contribution in [-0.2, 0) is 9.59 Å². The van der Waals surface area contributed by atoms with Gasteiger partial charge < -0.3 is 14.8 Å². The predicted octanol–water partition coefficient (Wildman–Crippen LogP) is 4.62. The normalized spacial score (nSPS) is 10.7. The third kappa shape index (κ3) is 11.3. The van der Waals surface area contributed by atoms with Crippen LogP contribution in [0.3, 0.4) is 0 Å². The molecule has 0 aliphatic carbocycles. The summed E-state index contributed by atoms with van der Waals surface area (Å²) in [5, 5.41) is 6.50. The maximum absolute atomic E-state index is 12.2. The van der Waals surface area contributed by atoms with E-state index in [1.165, 1.54) is 31.9 Å². The molecule has 0 atom stereocenters. The molecule has 188 valence electrons. The minimum absolute atomic E-state index is 0.118. The number of hydrazone groups is 1. The van der Waals surface area contributed by atoms with Gasteiger partial charge in [0, 0.05) is 6.42 Å². The lowest BCUT2D eigenvalue weighted by molar-refractivity contribution is -0.126. The van der Waals surface area contributed by atoms with Gasteiger partial charge in [-0.15, -0.1) is 0 Å². The van der Waals surface area contributed by atoms with Gasteiger partial charge in [-0.25, -0.2) is 10.2 Å². The van der Waals surface area contributed by atoms with Crippen LogP contribution < -0.4 is 20.2 Å². The van der Waals surface area contributed by atoms with Gasteiger partial charge in [0.15, 0.2) is 0 Å². The van der Waals surface area contributed by atoms with Crippen molar-refractivity contribution in [3.63, 3.8) is 0 Å². The van der Waals surface area contributed by atoms with E-state index in [0.29, 0.717) is 29.0 Å². The van der Waals surface area contributed by atoms with Gasteiger partial charge in [-0.1, -0.05) is 45.4 Å². The van der Waals surface area contributed by atoms with Crippen LogP contribution in [0.1, 0.15) is 74.2 Å². The molecule has 0 heterocycles. The number of esters is 1. The lowest BCUT2D eigenvalue weighted by Crippen LogP contribution is -2.34. The fourth-order valence-corrected chi connectivity index (χ4v) is 3.24. The Morgan fingerprint density at radius 1 is 0.829 bits per heavy atom. The minimum atomic E-state index is -0.477. The summed E-state index contributed by atoms with van der Waals surface area (Å²) in [6, 6.07) is 13.3. The largest absolute Gasteiger partial charge is 0.497 e. The van der Waals surface area contributed by atoms with Crippen molar-refractivity contribution in [2.75, 3.05) is 13.7 Å². The molecule has 2 rings (SSSR count). The van der Waals surface area contributed by atoms with Crippen molar-refractivity contribution in [2.45, 2.75) is 58.3 Å². The zero-order chi connectivity index (χ0) is 25.3. The molecule has 0 aliphatic rings. The van der Waals surface area contributed by atoms with E-state index in [-0.39, 0.29) is 12.5 Å². The van der Waals surface area contributed by atoms with E-state index in [1.807, 2.05) is 0 Å². The van der Waals surface area contributed by atoms with Crippen molar-refractivity contribution in [3.8, 4) is 11.5 Å². The van der Waals surface area contributed by atoms with Gasteiger partial charge in [-0.2, -0.15) is 5.10 Å². The molecule has 0 unspecified atom stereocenters. The van der Waals surface area contributed by atoms with Crippen LogP contribution >= 0.6 is 0 Å². The number of nitrogens with zero attached hydrogens (tertiary/aromatic N) is 1. The number of ether oxygens (including phenoxy) is 2. The van der Waals surface area contributed by atoms with Crippen LogP contribution in [0.15, 0.2) is 53.6 Å². The number of carbonyl (C=O) groups excluding carboxylic acids is 3. The minimum Gasteiger partial charge on any atom is -0.497 e. The van der Waals surface area contributed by atoms with Crippen LogP contribution in [0.25, 0.3) is 0 Å². The summed E-state index contributed by atoms with van der Waals surface area (Å²) >= 11 is 0. The molecule has 2 aromatic carbocycles. The van der Waals surface area contributed by atoms with Crippen molar-refractivity contribution in [1.29, 1.82) is 0 Å². The molecule has 2 aromatic rings. The summed E-state index contributed by atoms with van der Waals surface area (Å²) in [6.45, 7) is 2.07. The summed E-state index contributed by atoms with van der Waals surface area (Å²) in [7, 11) is 1.56. The van der Waals surface area contributed by atoms with Gasteiger partial charge in [0.05, 0.1) is 25.4 Å². The van der Waals surface area contributed by atoms with E-state index in [2.05, 4.69) is 22.8 Å². The molecule has 2 amide bonds. The first-order valence-corrected chi connectivity index (χ1v) is 12.1. The molecular weight excluding hydrogens is 446 g/mol. The fourth-order valence-electron chi connectivity index (χ4n) is 3.24. The molecule has 0 saturated carbocycles. The summed E-state index contributed by atoms with van der Waals surface area (Å²) < 4.78 is 10.4. The first-order valence-electron chi connectivity index (χ1n) is 12.1. The second-order valence-electron chi connectivity index (χ2n) is 8.13. The molecule has 2 N–H and O–H groups in total. The number of rotatable bonds is 15. The van der Waals surface area contributed by atoms with Gasteiger partial charge >= 0.3 is 5.97 Å². The van der Waals surface area contributed by atoms with Crippen LogP contribution in [0.4, 0.5) is 0 Å². The molecule has 0 aromatic heterocycles. The Morgan fingerprint density at radius 3 is 2.11 bits per heavy atom. The zero-order valence-electron chi connectivity index (χ0n) is 20.5. The Labute approximate surface area is 207 Å². The van der Waals surface area contributed by atoms with E-state index in [4.69, 9.17) is 9.47 Å². The lowest BCUT2D eigenvalue weighted by atomic mass is 10.1. The zero-order valence-corrected chi connectivity index (χ0v) is 20.5. The molecule has 0 aliphatic heterocycles. The molecule has 35 heavy (non-hydrogen) atoms. The first-order chi connectivity index (χ1) is 17.0. The van der Waals surface area contributed by atoms with E-state index in [9.17, 15) is 14.4 Å². The molecule has 0 fully saturated rings. The van der Waals surface area contributed by atoms with Crippen molar-refractivity contribution in [2.24, 2.45) is 5.10 Å². The molecule has 0 radical (unpaired) electrons. The smallest absolute Gasteiger partial charge is 0.343 e. The second-order valence-corrected chi connectivity index (χ2v) is 8.13. The Bertz CT molecular complexity index is 956. The van der Waals surface area contributed by atoms with Crippen LogP contribution in [-0.4, -0.2) is 37.7 Å². The highest BCUT2D eigenvalue weighted by Gasteiger charge is 2.09. The molecule has 0 spiro atoms. The van der Waals surface area contributed by atoms with E-state index < -0.39 is 11.9 Å². The number of amides is 2. The summed E-state index contributed by atoms with van der Waals surface area (Å²) in [5.41, 5.74) is 3.50. The monoisotopic (exact) mass is 481 g/mol. The maximum Gasteiger partial charge on any atom is 0.343 e. The van der Waals surface area contributed by atoms with Gasteiger partial charge in [0.1, 0.15) is 11.5 Å². The summed E-state index contributed by atoms with van der Waals surface area (Å²) in [5.74, 6) is 0.0332. The highest BCUT2D eigenvalue weighted by atomic mass is 16.5. The molecule has 0 bridgehead atoms. The summed E-state index contributed by atoms with van der Waals surface area (Å²) in [4.78, 5) is 35.9. The molecule has 8 nitrogen and oxygen atoms in total. The van der Waals surface area contributed by atoms with Gasteiger partial charge in [-0.3, -0.25) is 9.59 Å². The second kappa shape index (κ2) is 16.0. The van der Waals surface area contributed by atoms with Crippen molar-refractivity contribution >= 4 is 24.0 Å². The lowest BCUT2D eigenvalue weighted by Gasteiger charge is -2.06. The highest BCUT2D eigenvalue weighted by molar-refractivity contribution is 5.91. The topological polar surface area (TPSA) is 106 Å². The number of benzene rings is 2. The Morgan fingerprint density at radius 2 is 1.46 bits per heavy atom. The third-order valence-corrected chi connectivity index (χ3v) is 5.27. The fraction of sp³-hybridized carbons (Fsp3) is 0.407. The van der Waals surface area contributed by atoms with Crippen molar-refractivity contribution in [3.05, 3.63) is 59.7 Å². The highest BCUT2D eigenvalue weighted by Crippen LogP contribution is 2.16.